The van der Waals surface area contributed by atoms with Gasteiger partial charge in [0.05, 0.1) is 11.8 Å². The molecule has 1 aliphatic carbocycles. The summed E-state index contributed by atoms with van der Waals surface area (Å²) in [7, 11) is 0. The van der Waals surface area contributed by atoms with Gasteiger partial charge in [-0.25, -0.2) is 0 Å². The second-order valence-electron chi connectivity index (χ2n) is 5.72. The summed E-state index contributed by atoms with van der Waals surface area (Å²) in [5.74, 6) is 0.872. The summed E-state index contributed by atoms with van der Waals surface area (Å²) in [4.78, 5) is 23.6. The highest BCUT2D eigenvalue weighted by Gasteiger charge is 2.42. The lowest BCUT2D eigenvalue weighted by Gasteiger charge is -2.25. The van der Waals surface area contributed by atoms with Gasteiger partial charge in [-0.1, -0.05) is 13.3 Å². The Morgan fingerprint density at radius 2 is 2.05 bits per heavy atom. The van der Waals surface area contributed by atoms with Crippen LogP contribution in [0.4, 0.5) is 0 Å². The number of carbonyl (C=O) groups excluding carboxylic acids is 1. The van der Waals surface area contributed by atoms with Crippen molar-refractivity contribution in [1.29, 1.82) is 0 Å². The fraction of sp³-hybridized carbons (Fsp3) is 0.857. The maximum atomic E-state index is 12.3. The maximum Gasteiger partial charge on any atom is 0.307 e. The van der Waals surface area contributed by atoms with E-state index in [0.29, 0.717) is 12.3 Å². The van der Waals surface area contributed by atoms with E-state index in [9.17, 15) is 14.7 Å². The van der Waals surface area contributed by atoms with Gasteiger partial charge in [0.1, 0.15) is 0 Å². The molecule has 1 amide bonds. The maximum absolute atomic E-state index is 12.3. The van der Waals surface area contributed by atoms with E-state index in [4.69, 9.17) is 0 Å². The van der Waals surface area contributed by atoms with Gasteiger partial charge in [-0.15, -0.1) is 0 Å². The SMILES string of the molecule is CCC1C[C@H](C(=O)NC2CCCSC2)[C@H](C(=O)O)C1. The molecule has 2 rings (SSSR count). The van der Waals surface area contributed by atoms with Crippen LogP contribution in [0.5, 0.6) is 0 Å². The third kappa shape index (κ3) is 3.65. The van der Waals surface area contributed by atoms with Gasteiger partial charge >= 0.3 is 5.97 Å². The van der Waals surface area contributed by atoms with Crippen LogP contribution in [0.2, 0.25) is 0 Å². The Morgan fingerprint density at radius 1 is 1.32 bits per heavy atom. The van der Waals surface area contributed by atoms with Crippen molar-refractivity contribution < 1.29 is 14.7 Å². The molecule has 2 fully saturated rings. The van der Waals surface area contributed by atoms with Gasteiger partial charge in [0.2, 0.25) is 5.91 Å². The first-order chi connectivity index (χ1) is 9.11. The van der Waals surface area contributed by atoms with Gasteiger partial charge < -0.3 is 10.4 Å². The molecule has 2 aliphatic rings. The Balaban J connectivity index is 1.94. The summed E-state index contributed by atoms with van der Waals surface area (Å²) in [5.41, 5.74) is 0. The van der Waals surface area contributed by atoms with E-state index in [1.165, 1.54) is 5.75 Å². The minimum atomic E-state index is -0.811. The van der Waals surface area contributed by atoms with Crippen LogP contribution in [0, 0.1) is 17.8 Å². The van der Waals surface area contributed by atoms with Gasteiger partial charge in [-0.05, 0) is 37.4 Å². The van der Waals surface area contributed by atoms with Crippen molar-refractivity contribution in [3.63, 3.8) is 0 Å². The van der Waals surface area contributed by atoms with Crippen molar-refractivity contribution in [3.05, 3.63) is 0 Å². The summed E-state index contributed by atoms with van der Waals surface area (Å²) < 4.78 is 0. The van der Waals surface area contributed by atoms with E-state index in [0.717, 1.165) is 31.4 Å². The minimum absolute atomic E-state index is 0.0316. The van der Waals surface area contributed by atoms with E-state index >= 15 is 0 Å². The number of aliphatic carboxylic acids is 1. The second-order valence-corrected chi connectivity index (χ2v) is 6.87. The molecule has 1 aliphatic heterocycles. The average molecular weight is 285 g/mol. The molecule has 0 aromatic heterocycles. The summed E-state index contributed by atoms with van der Waals surface area (Å²) in [6.07, 6.45) is 4.52. The first-order valence-corrected chi connectivity index (χ1v) is 8.38. The number of carboxylic acid groups (broad SMARTS) is 1. The summed E-state index contributed by atoms with van der Waals surface area (Å²) in [6.45, 7) is 2.07. The van der Waals surface area contributed by atoms with Crippen molar-refractivity contribution in [3.8, 4) is 0 Å². The van der Waals surface area contributed by atoms with Crippen molar-refractivity contribution >= 4 is 23.6 Å². The average Bonchev–Trinajstić information content (AvgIpc) is 2.84. The van der Waals surface area contributed by atoms with Gasteiger partial charge in [0.25, 0.3) is 0 Å². The number of rotatable bonds is 4. The van der Waals surface area contributed by atoms with Gasteiger partial charge in [0.15, 0.2) is 0 Å². The highest BCUT2D eigenvalue weighted by atomic mass is 32.2. The largest absolute Gasteiger partial charge is 0.481 e. The van der Waals surface area contributed by atoms with Gasteiger partial charge in [-0.3, -0.25) is 9.59 Å². The standard InChI is InChI=1S/C14H23NO3S/c1-2-9-6-11(12(7-9)14(17)18)13(16)15-10-4-3-5-19-8-10/h9-12H,2-8H2,1H3,(H,15,16)(H,17,18)/t9?,10?,11-,12+/m0/s1. The monoisotopic (exact) mass is 285 g/mol. The molecule has 19 heavy (non-hydrogen) atoms. The first-order valence-electron chi connectivity index (χ1n) is 7.22. The number of carboxylic acids is 1. The van der Waals surface area contributed by atoms with Crippen LogP contribution in [0.25, 0.3) is 0 Å². The zero-order valence-electron chi connectivity index (χ0n) is 11.4. The number of hydrogen-bond donors (Lipinski definition) is 2. The molecule has 1 saturated carbocycles. The van der Waals surface area contributed by atoms with E-state index in [-0.39, 0.29) is 17.9 Å². The molecule has 4 nitrogen and oxygen atoms in total. The molecule has 0 aromatic rings. The van der Waals surface area contributed by atoms with Crippen LogP contribution in [0.15, 0.2) is 0 Å². The zero-order chi connectivity index (χ0) is 13.8. The molecule has 0 bridgehead atoms. The lowest BCUT2D eigenvalue weighted by molar-refractivity contribution is -0.146. The number of nitrogens with one attached hydrogen (secondary N) is 1. The number of carbonyl (C=O) groups is 2. The molecule has 1 heterocycles. The van der Waals surface area contributed by atoms with Crippen molar-refractivity contribution in [2.45, 2.75) is 45.1 Å². The van der Waals surface area contributed by atoms with Crippen LogP contribution < -0.4 is 5.32 Å². The highest BCUT2D eigenvalue weighted by molar-refractivity contribution is 7.99. The van der Waals surface area contributed by atoms with Crippen LogP contribution >= 0.6 is 11.8 Å². The van der Waals surface area contributed by atoms with E-state index in [1.807, 2.05) is 11.8 Å². The van der Waals surface area contributed by atoms with Crippen molar-refractivity contribution in [2.24, 2.45) is 17.8 Å². The Kier molecular flexibility index (Phi) is 5.13. The van der Waals surface area contributed by atoms with Crippen LogP contribution in [0.3, 0.4) is 0 Å². The predicted molar refractivity (Wildman–Crippen MR) is 76.1 cm³/mol. The van der Waals surface area contributed by atoms with Crippen molar-refractivity contribution in [1.82, 2.24) is 5.32 Å². The quantitative estimate of drug-likeness (QED) is 0.830. The second kappa shape index (κ2) is 6.64. The fourth-order valence-corrected chi connectivity index (χ4v) is 4.27. The minimum Gasteiger partial charge on any atom is -0.481 e. The molecule has 4 atom stereocenters. The predicted octanol–water partition coefficient (Wildman–Crippen LogP) is 2.14. The lowest BCUT2D eigenvalue weighted by Crippen LogP contribution is -2.43. The molecule has 0 spiro atoms. The molecular formula is C14H23NO3S. The molecule has 108 valence electrons. The van der Waals surface area contributed by atoms with Gasteiger partial charge in [0, 0.05) is 11.8 Å². The Hall–Kier alpha value is -0.710. The van der Waals surface area contributed by atoms with E-state index in [1.54, 1.807) is 0 Å². The van der Waals surface area contributed by atoms with E-state index < -0.39 is 11.9 Å². The molecule has 1 saturated heterocycles. The number of thioether (sulfide) groups is 1. The topological polar surface area (TPSA) is 66.4 Å². The summed E-state index contributed by atoms with van der Waals surface area (Å²) in [5, 5.41) is 12.3. The molecule has 0 radical (unpaired) electrons. The third-order valence-electron chi connectivity index (χ3n) is 4.40. The van der Waals surface area contributed by atoms with Crippen LogP contribution in [-0.4, -0.2) is 34.5 Å². The lowest BCUT2D eigenvalue weighted by atomic mass is 9.95. The van der Waals surface area contributed by atoms with Crippen LogP contribution in [-0.2, 0) is 9.59 Å². The molecule has 5 heteroatoms. The molecule has 2 unspecified atom stereocenters. The first kappa shape index (κ1) is 14.7. The summed E-state index contributed by atoms with van der Waals surface area (Å²) in [6, 6.07) is 0.237. The normalized spacial score (nSPS) is 35.0. The number of amides is 1. The Labute approximate surface area is 118 Å². The van der Waals surface area contributed by atoms with Crippen LogP contribution in [0.1, 0.15) is 39.0 Å². The Bertz CT molecular complexity index is 342. The number of hydrogen-bond acceptors (Lipinski definition) is 3. The third-order valence-corrected chi connectivity index (χ3v) is 5.61. The fourth-order valence-electron chi connectivity index (χ4n) is 3.20. The molecule has 2 N–H and O–H groups in total. The summed E-state index contributed by atoms with van der Waals surface area (Å²) >= 11 is 1.87. The van der Waals surface area contributed by atoms with Crippen molar-refractivity contribution in [2.75, 3.05) is 11.5 Å². The highest BCUT2D eigenvalue weighted by Crippen LogP contribution is 2.38. The molecular weight excluding hydrogens is 262 g/mol. The zero-order valence-corrected chi connectivity index (χ0v) is 12.2. The smallest absolute Gasteiger partial charge is 0.307 e. The molecule has 0 aromatic carbocycles. The van der Waals surface area contributed by atoms with Gasteiger partial charge in [-0.2, -0.15) is 11.8 Å². The van der Waals surface area contributed by atoms with E-state index in [2.05, 4.69) is 12.2 Å². The Morgan fingerprint density at radius 3 is 2.63 bits per heavy atom.